The number of carbonyl (C=O) groups is 1. The first-order chi connectivity index (χ1) is 17.0. The molecular formula is C28H29N3O4. The van der Waals surface area contributed by atoms with Gasteiger partial charge in [-0.15, -0.1) is 0 Å². The van der Waals surface area contributed by atoms with Gasteiger partial charge in [-0.25, -0.2) is 4.79 Å². The SMILES string of the molecule is COc1cc2cc(CN(CCc3ccccc3C)C(=O)Nc3ccccc3)c(=O)[nH]c2cc1OC. The number of urea groups is 1. The van der Waals surface area contributed by atoms with Gasteiger partial charge in [0.15, 0.2) is 11.5 Å². The van der Waals surface area contributed by atoms with Gasteiger partial charge in [0.2, 0.25) is 0 Å². The molecule has 180 valence electrons. The van der Waals surface area contributed by atoms with E-state index < -0.39 is 0 Å². The van der Waals surface area contributed by atoms with E-state index in [4.69, 9.17) is 9.47 Å². The molecule has 0 atom stereocenters. The molecule has 7 heteroatoms. The van der Waals surface area contributed by atoms with E-state index in [-0.39, 0.29) is 18.1 Å². The lowest BCUT2D eigenvalue weighted by Crippen LogP contribution is -2.37. The molecule has 4 aromatic rings. The Balaban J connectivity index is 1.64. The van der Waals surface area contributed by atoms with Crippen molar-refractivity contribution in [3.05, 3.63) is 99.8 Å². The lowest BCUT2D eigenvalue weighted by molar-refractivity contribution is 0.209. The first kappa shape index (κ1) is 23.9. The lowest BCUT2D eigenvalue weighted by Gasteiger charge is -2.24. The fourth-order valence-electron chi connectivity index (χ4n) is 4.02. The Morgan fingerprint density at radius 1 is 0.914 bits per heavy atom. The van der Waals surface area contributed by atoms with E-state index in [2.05, 4.69) is 29.4 Å². The number of amides is 2. The Kier molecular flexibility index (Phi) is 7.35. The minimum absolute atomic E-state index is 0.157. The van der Waals surface area contributed by atoms with Crippen LogP contribution in [0.1, 0.15) is 16.7 Å². The van der Waals surface area contributed by atoms with Crippen molar-refractivity contribution < 1.29 is 14.3 Å². The van der Waals surface area contributed by atoms with E-state index in [1.54, 1.807) is 31.3 Å². The van der Waals surface area contributed by atoms with E-state index >= 15 is 0 Å². The van der Waals surface area contributed by atoms with Gasteiger partial charge in [-0.1, -0.05) is 42.5 Å². The van der Waals surface area contributed by atoms with Crippen LogP contribution in [0.15, 0.2) is 77.6 Å². The molecule has 0 unspecified atom stereocenters. The number of rotatable bonds is 8. The number of H-pyrrole nitrogens is 1. The lowest BCUT2D eigenvalue weighted by atomic mass is 10.1. The maximum absolute atomic E-state index is 13.2. The Morgan fingerprint density at radius 2 is 1.60 bits per heavy atom. The predicted molar refractivity (Wildman–Crippen MR) is 138 cm³/mol. The predicted octanol–water partition coefficient (Wildman–Crippen LogP) is 5.13. The summed E-state index contributed by atoms with van der Waals surface area (Å²) in [7, 11) is 3.12. The average Bonchev–Trinajstić information content (AvgIpc) is 2.87. The number of carbonyl (C=O) groups excluding carboxylic acids is 1. The number of nitrogens with zero attached hydrogens (tertiary/aromatic N) is 1. The molecule has 4 rings (SSSR count). The highest BCUT2D eigenvalue weighted by atomic mass is 16.5. The number of hydrogen-bond donors (Lipinski definition) is 2. The van der Waals surface area contributed by atoms with Crippen LogP contribution >= 0.6 is 0 Å². The molecule has 0 spiro atoms. The molecule has 0 aliphatic carbocycles. The summed E-state index contributed by atoms with van der Waals surface area (Å²) < 4.78 is 10.7. The van der Waals surface area contributed by atoms with Crippen molar-refractivity contribution in [1.29, 1.82) is 0 Å². The summed E-state index contributed by atoms with van der Waals surface area (Å²) in [5.41, 5.74) is 3.89. The summed E-state index contributed by atoms with van der Waals surface area (Å²) in [6, 6.07) is 22.5. The van der Waals surface area contributed by atoms with E-state index in [0.717, 1.165) is 10.9 Å². The Labute approximate surface area is 204 Å². The minimum Gasteiger partial charge on any atom is -0.493 e. The van der Waals surface area contributed by atoms with Crippen LogP contribution in [-0.4, -0.2) is 36.7 Å². The zero-order chi connectivity index (χ0) is 24.8. The van der Waals surface area contributed by atoms with Crippen LogP contribution in [0.2, 0.25) is 0 Å². The maximum Gasteiger partial charge on any atom is 0.322 e. The highest BCUT2D eigenvalue weighted by Gasteiger charge is 2.18. The number of ether oxygens (including phenoxy) is 2. The molecule has 1 aromatic heterocycles. The second-order valence-corrected chi connectivity index (χ2v) is 8.31. The number of aromatic amines is 1. The molecular weight excluding hydrogens is 442 g/mol. The molecule has 0 bridgehead atoms. The van der Waals surface area contributed by atoms with Crippen molar-refractivity contribution in [3.8, 4) is 11.5 Å². The molecule has 0 aliphatic heterocycles. The minimum atomic E-state index is -0.267. The molecule has 2 amide bonds. The summed E-state index contributed by atoms with van der Waals surface area (Å²) in [6.07, 6.45) is 0.672. The van der Waals surface area contributed by atoms with Crippen LogP contribution in [-0.2, 0) is 13.0 Å². The largest absolute Gasteiger partial charge is 0.493 e. The number of aryl methyl sites for hydroxylation is 1. The van der Waals surface area contributed by atoms with Crippen molar-refractivity contribution in [1.82, 2.24) is 9.88 Å². The van der Waals surface area contributed by atoms with Crippen molar-refractivity contribution in [2.45, 2.75) is 19.9 Å². The van der Waals surface area contributed by atoms with E-state index in [9.17, 15) is 9.59 Å². The van der Waals surface area contributed by atoms with Crippen molar-refractivity contribution in [3.63, 3.8) is 0 Å². The van der Waals surface area contributed by atoms with Gasteiger partial charge in [0.1, 0.15) is 0 Å². The molecule has 0 fully saturated rings. The van der Waals surface area contributed by atoms with Crippen molar-refractivity contribution >= 4 is 22.6 Å². The number of nitrogens with one attached hydrogen (secondary N) is 2. The Morgan fingerprint density at radius 3 is 2.31 bits per heavy atom. The maximum atomic E-state index is 13.2. The Hall–Kier alpha value is -4.26. The molecule has 1 heterocycles. The van der Waals surface area contributed by atoms with Gasteiger partial charge in [0.05, 0.1) is 26.3 Å². The first-order valence-corrected chi connectivity index (χ1v) is 11.4. The second-order valence-electron chi connectivity index (χ2n) is 8.31. The van der Waals surface area contributed by atoms with Gasteiger partial charge >= 0.3 is 6.03 Å². The van der Waals surface area contributed by atoms with E-state index in [1.807, 2.05) is 48.5 Å². The van der Waals surface area contributed by atoms with Crippen LogP contribution in [0.4, 0.5) is 10.5 Å². The van der Waals surface area contributed by atoms with Gasteiger partial charge in [0.25, 0.3) is 5.56 Å². The smallest absolute Gasteiger partial charge is 0.322 e. The second kappa shape index (κ2) is 10.8. The van der Waals surface area contributed by atoms with Crippen LogP contribution < -0.4 is 20.3 Å². The van der Waals surface area contributed by atoms with Crippen molar-refractivity contribution in [2.75, 3.05) is 26.1 Å². The van der Waals surface area contributed by atoms with Gasteiger partial charge in [0, 0.05) is 29.2 Å². The van der Waals surface area contributed by atoms with Gasteiger partial charge in [-0.3, -0.25) is 4.79 Å². The number of methoxy groups -OCH3 is 2. The van der Waals surface area contributed by atoms with Gasteiger partial charge in [-0.05, 0) is 48.7 Å². The summed E-state index contributed by atoms with van der Waals surface area (Å²) in [6.45, 7) is 2.66. The molecule has 0 aliphatic rings. The molecule has 2 N–H and O–H groups in total. The normalized spacial score (nSPS) is 10.7. The van der Waals surface area contributed by atoms with Crippen LogP contribution in [0.5, 0.6) is 11.5 Å². The van der Waals surface area contributed by atoms with Gasteiger partial charge in [-0.2, -0.15) is 0 Å². The van der Waals surface area contributed by atoms with Crippen LogP contribution in [0.25, 0.3) is 10.9 Å². The molecule has 0 saturated carbocycles. The zero-order valence-electron chi connectivity index (χ0n) is 20.1. The molecule has 0 radical (unpaired) electrons. The standard InChI is InChI=1S/C28H29N3O4/c1-19-9-7-8-10-20(19)13-14-31(28(33)29-23-11-5-4-6-12-23)18-22-15-21-16-25(34-2)26(35-3)17-24(21)30-27(22)32/h4-12,15-17H,13-14,18H2,1-3H3,(H,29,33)(H,30,32). The quantitative estimate of drug-likeness (QED) is 0.373. The third-order valence-electron chi connectivity index (χ3n) is 6.01. The number of anilines is 1. The topological polar surface area (TPSA) is 83.7 Å². The third kappa shape index (κ3) is 5.63. The number of para-hydroxylation sites is 1. The highest BCUT2D eigenvalue weighted by Crippen LogP contribution is 2.31. The molecule has 35 heavy (non-hydrogen) atoms. The van der Waals surface area contributed by atoms with Crippen LogP contribution in [0, 0.1) is 6.92 Å². The number of pyridine rings is 1. The fraction of sp³-hybridized carbons (Fsp3) is 0.214. The number of benzene rings is 3. The van der Waals surface area contributed by atoms with Crippen LogP contribution in [0.3, 0.4) is 0 Å². The third-order valence-corrected chi connectivity index (χ3v) is 6.01. The molecule has 7 nitrogen and oxygen atoms in total. The first-order valence-electron chi connectivity index (χ1n) is 11.4. The highest BCUT2D eigenvalue weighted by molar-refractivity contribution is 5.89. The Bertz CT molecular complexity index is 1380. The van der Waals surface area contributed by atoms with E-state index in [0.29, 0.717) is 41.2 Å². The average molecular weight is 472 g/mol. The van der Waals surface area contributed by atoms with Gasteiger partial charge < -0.3 is 24.7 Å². The van der Waals surface area contributed by atoms with E-state index in [1.165, 1.54) is 5.56 Å². The zero-order valence-corrected chi connectivity index (χ0v) is 20.1. The molecule has 3 aromatic carbocycles. The number of fused-ring (bicyclic) bond motifs is 1. The summed E-state index contributed by atoms with van der Waals surface area (Å²) in [5.74, 6) is 1.10. The fourth-order valence-corrected chi connectivity index (χ4v) is 4.02. The molecule has 0 saturated heterocycles. The summed E-state index contributed by atoms with van der Waals surface area (Å²) >= 11 is 0. The monoisotopic (exact) mass is 471 g/mol. The van der Waals surface area contributed by atoms with Crippen molar-refractivity contribution in [2.24, 2.45) is 0 Å². The summed E-state index contributed by atoms with van der Waals surface area (Å²) in [5, 5.41) is 3.73. The summed E-state index contributed by atoms with van der Waals surface area (Å²) in [4.78, 5) is 30.8. The number of aromatic nitrogens is 1. The number of hydrogen-bond acceptors (Lipinski definition) is 4.